The van der Waals surface area contributed by atoms with Crippen LogP contribution in [-0.2, 0) is 18.4 Å². The predicted octanol–water partition coefficient (Wildman–Crippen LogP) is 1.55. The predicted molar refractivity (Wildman–Crippen MR) is 75.8 cm³/mol. The minimum Gasteiger partial charge on any atom is -0.355 e. The molecule has 100 valence electrons. The molecule has 1 aliphatic heterocycles. The minimum atomic E-state index is 0.170. The number of aryl methyl sites for hydroxylation is 1. The number of carbonyl (C=O) groups is 1. The molecule has 0 bridgehead atoms. The van der Waals surface area contributed by atoms with Crippen LogP contribution in [0.1, 0.15) is 18.4 Å². The van der Waals surface area contributed by atoms with Crippen LogP contribution in [0.15, 0.2) is 30.5 Å². The van der Waals surface area contributed by atoms with Crippen molar-refractivity contribution in [3.8, 4) is 0 Å². The summed E-state index contributed by atoms with van der Waals surface area (Å²) in [6.45, 7) is 1.59. The average molecular weight is 257 g/mol. The number of nitrogens with zero attached hydrogens (tertiary/aromatic N) is 1. The largest absolute Gasteiger partial charge is 0.355 e. The van der Waals surface area contributed by atoms with Gasteiger partial charge in [0, 0.05) is 49.7 Å². The van der Waals surface area contributed by atoms with Crippen molar-refractivity contribution in [2.75, 3.05) is 6.54 Å². The number of benzene rings is 1. The summed E-state index contributed by atoms with van der Waals surface area (Å²) >= 11 is 0. The summed E-state index contributed by atoms with van der Waals surface area (Å²) in [5.74, 6) is 0.170. The number of nitrogens with one attached hydrogen (secondary N) is 2. The Bertz CT molecular complexity index is 592. The quantitative estimate of drug-likeness (QED) is 0.876. The summed E-state index contributed by atoms with van der Waals surface area (Å²) in [6, 6.07) is 8.83. The van der Waals surface area contributed by atoms with Crippen molar-refractivity contribution in [2.24, 2.45) is 7.05 Å². The number of rotatable bonds is 3. The Balaban J connectivity index is 1.70. The highest BCUT2D eigenvalue weighted by atomic mass is 16.1. The molecular weight excluding hydrogens is 238 g/mol. The Morgan fingerprint density at radius 1 is 1.42 bits per heavy atom. The van der Waals surface area contributed by atoms with E-state index in [4.69, 9.17) is 0 Å². The topological polar surface area (TPSA) is 46.1 Å². The zero-order chi connectivity index (χ0) is 13.2. The third-order valence-electron chi connectivity index (χ3n) is 3.83. The van der Waals surface area contributed by atoms with E-state index in [0.29, 0.717) is 12.5 Å². The molecule has 19 heavy (non-hydrogen) atoms. The number of carbonyl (C=O) groups excluding carboxylic acids is 1. The molecule has 1 amide bonds. The summed E-state index contributed by atoms with van der Waals surface area (Å²) in [5.41, 5.74) is 2.58. The van der Waals surface area contributed by atoms with Gasteiger partial charge in [-0.3, -0.25) is 4.79 Å². The lowest BCUT2D eigenvalue weighted by Gasteiger charge is -2.23. The molecule has 1 aromatic heterocycles. The molecule has 1 aromatic carbocycles. The Hall–Kier alpha value is -1.81. The fourth-order valence-corrected chi connectivity index (χ4v) is 2.73. The maximum absolute atomic E-state index is 11.1. The summed E-state index contributed by atoms with van der Waals surface area (Å²) in [6.07, 6.45) is 3.74. The highest BCUT2D eigenvalue weighted by Gasteiger charge is 2.17. The minimum absolute atomic E-state index is 0.170. The van der Waals surface area contributed by atoms with Gasteiger partial charge in [-0.2, -0.15) is 0 Å². The molecule has 4 heteroatoms. The number of amides is 1. The van der Waals surface area contributed by atoms with E-state index in [1.54, 1.807) is 0 Å². The van der Waals surface area contributed by atoms with Gasteiger partial charge in [0.1, 0.15) is 0 Å². The fraction of sp³-hybridized carbons (Fsp3) is 0.400. The number of piperidine rings is 1. The van der Waals surface area contributed by atoms with E-state index in [9.17, 15) is 4.79 Å². The molecule has 2 heterocycles. The lowest BCUT2D eigenvalue weighted by atomic mass is 10.1. The third-order valence-corrected chi connectivity index (χ3v) is 3.83. The van der Waals surface area contributed by atoms with Gasteiger partial charge in [0.05, 0.1) is 0 Å². The van der Waals surface area contributed by atoms with Crippen molar-refractivity contribution >= 4 is 16.8 Å². The molecule has 2 N–H and O–H groups in total. The normalized spacial score (nSPS) is 19.6. The first-order valence-corrected chi connectivity index (χ1v) is 6.77. The molecule has 0 aliphatic carbocycles. The molecule has 1 unspecified atom stereocenters. The van der Waals surface area contributed by atoms with Crippen LogP contribution in [0.5, 0.6) is 0 Å². The monoisotopic (exact) mass is 257 g/mol. The Labute approximate surface area is 112 Å². The van der Waals surface area contributed by atoms with Gasteiger partial charge >= 0.3 is 0 Å². The van der Waals surface area contributed by atoms with E-state index in [1.807, 2.05) is 0 Å². The molecule has 1 saturated heterocycles. The summed E-state index contributed by atoms with van der Waals surface area (Å²) in [5, 5.41) is 7.74. The molecular formula is C15H19N3O. The second kappa shape index (κ2) is 5.05. The molecule has 1 fully saturated rings. The van der Waals surface area contributed by atoms with Crippen molar-refractivity contribution in [3.63, 3.8) is 0 Å². The zero-order valence-corrected chi connectivity index (χ0v) is 11.1. The van der Waals surface area contributed by atoms with Gasteiger partial charge in [0.15, 0.2) is 0 Å². The van der Waals surface area contributed by atoms with Crippen molar-refractivity contribution in [2.45, 2.75) is 25.4 Å². The number of hydrogen-bond donors (Lipinski definition) is 2. The lowest BCUT2D eigenvalue weighted by molar-refractivity contribution is -0.122. The number of fused-ring (bicyclic) bond motifs is 1. The Morgan fingerprint density at radius 2 is 2.26 bits per heavy atom. The van der Waals surface area contributed by atoms with E-state index in [2.05, 4.69) is 52.7 Å². The van der Waals surface area contributed by atoms with Gasteiger partial charge in [0.25, 0.3) is 0 Å². The second-order valence-corrected chi connectivity index (χ2v) is 5.20. The number of aromatic nitrogens is 1. The fourth-order valence-electron chi connectivity index (χ4n) is 2.73. The van der Waals surface area contributed by atoms with Gasteiger partial charge in [-0.05, 0) is 18.1 Å². The number of para-hydroxylation sites is 1. The highest BCUT2D eigenvalue weighted by molar-refractivity contribution is 5.83. The summed E-state index contributed by atoms with van der Waals surface area (Å²) in [4.78, 5) is 11.1. The van der Waals surface area contributed by atoms with Crippen LogP contribution >= 0.6 is 0 Å². The Morgan fingerprint density at radius 3 is 3.05 bits per heavy atom. The summed E-state index contributed by atoms with van der Waals surface area (Å²) < 4.78 is 2.16. The van der Waals surface area contributed by atoms with Crippen LogP contribution in [0.4, 0.5) is 0 Å². The molecule has 0 spiro atoms. The SMILES string of the molecule is Cn1cc(CNC2CCC(=O)NC2)c2ccccc21. The van der Waals surface area contributed by atoms with Crippen molar-refractivity contribution < 1.29 is 4.79 Å². The maximum Gasteiger partial charge on any atom is 0.220 e. The van der Waals surface area contributed by atoms with Gasteiger partial charge < -0.3 is 15.2 Å². The van der Waals surface area contributed by atoms with Crippen LogP contribution in [0.3, 0.4) is 0 Å². The average Bonchev–Trinajstić information content (AvgIpc) is 2.76. The molecule has 2 aromatic rings. The molecule has 1 atom stereocenters. The third kappa shape index (κ3) is 2.49. The van der Waals surface area contributed by atoms with E-state index >= 15 is 0 Å². The van der Waals surface area contributed by atoms with Crippen LogP contribution in [0.25, 0.3) is 10.9 Å². The maximum atomic E-state index is 11.1. The van der Waals surface area contributed by atoms with Gasteiger partial charge in [-0.1, -0.05) is 18.2 Å². The van der Waals surface area contributed by atoms with Crippen LogP contribution in [0.2, 0.25) is 0 Å². The highest BCUT2D eigenvalue weighted by Crippen LogP contribution is 2.20. The smallest absolute Gasteiger partial charge is 0.220 e. The number of hydrogen-bond acceptors (Lipinski definition) is 2. The first-order valence-electron chi connectivity index (χ1n) is 6.77. The van der Waals surface area contributed by atoms with Crippen molar-refractivity contribution in [3.05, 3.63) is 36.0 Å². The van der Waals surface area contributed by atoms with Crippen LogP contribution < -0.4 is 10.6 Å². The van der Waals surface area contributed by atoms with Gasteiger partial charge in [-0.15, -0.1) is 0 Å². The lowest BCUT2D eigenvalue weighted by Crippen LogP contribution is -2.45. The Kier molecular flexibility index (Phi) is 3.25. The van der Waals surface area contributed by atoms with Crippen molar-refractivity contribution in [1.29, 1.82) is 0 Å². The second-order valence-electron chi connectivity index (χ2n) is 5.20. The van der Waals surface area contributed by atoms with E-state index in [1.165, 1.54) is 16.5 Å². The van der Waals surface area contributed by atoms with Gasteiger partial charge in [-0.25, -0.2) is 0 Å². The van der Waals surface area contributed by atoms with E-state index < -0.39 is 0 Å². The molecule has 4 nitrogen and oxygen atoms in total. The summed E-state index contributed by atoms with van der Waals surface area (Å²) in [7, 11) is 2.08. The zero-order valence-electron chi connectivity index (χ0n) is 11.1. The van der Waals surface area contributed by atoms with Gasteiger partial charge in [0.2, 0.25) is 5.91 Å². The standard InChI is InChI=1S/C15H19N3O/c1-18-10-11(13-4-2-3-5-14(13)18)8-16-12-6-7-15(19)17-9-12/h2-5,10,12,16H,6-9H2,1H3,(H,17,19). The van der Waals surface area contributed by atoms with Crippen molar-refractivity contribution in [1.82, 2.24) is 15.2 Å². The van der Waals surface area contributed by atoms with Crippen LogP contribution in [-0.4, -0.2) is 23.1 Å². The first kappa shape index (κ1) is 12.2. The molecule has 0 saturated carbocycles. The molecule has 0 radical (unpaired) electrons. The first-order chi connectivity index (χ1) is 9.24. The molecule has 1 aliphatic rings. The van der Waals surface area contributed by atoms with Crippen LogP contribution in [0, 0.1) is 0 Å². The van der Waals surface area contributed by atoms with E-state index in [-0.39, 0.29) is 5.91 Å². The molecule has 3 rings (SSSR count). The van der Waals surface area contributed by atoms with E-state index in [0.717, 1.165) is 19.5 Å².